The summed E-state index contributed by atoms with van der Waals surface area (Å²) in [5, 5.41) is 0.589. The summed E-state index contributed by atoms with van der Waals surface area (Å²) >= 11 is 6.18. The molecule has 0 N–H and O–H groups in total. The van der Waals surface area contributed by atoms with Gasteiger partial charge < -0.3 is 4.74 Å². The van der Waals surface area contributed by atoms with Gasteiger partial charge in [-0.15, -0.1) is 0 Å². The molecule has 1 aromatic carbocycles. The Morgan fingerprint density at radius 2 is 2.05 bits per heavy atom. The maximum absolute atomic E-state index is 6.18. The summed E-state index contributed by atoms with van der Waals surface area (Å²) < 4.78 is 5.75. The van der Waals surface area contributed by atoms with Crippen molar-refractivity contribution in [3.63, 3.8) is 0 Å². The first kappa shape index (κ1) is 12.4. The summed E-state index contributed by atoms with van der Waals surface area (Å²) in [4.78, 5) is 8.86. The fourth-order valence-electron chi connectivity index (χ4n) is 2.36. The van der Waals surface area contributed by atoms with E-state index in [0.29, 0.717) is 17.6 Å². The molecule has 0 bridgehead atoms. The highest BCUT2D eigenvalue weighted by Crippen LogP contribution is 2.26. The second-order valence-electron chi connectivity index (χ2n) is 4.76. The van der Waals surface area contributed by atoms with Crippen LogP contribution in [0.15, 0.2) is 24.3 Å². The van der Waals surface area contributed by atoms with Gasteiger partial charge in [-0.3, -0.25) is 0 Å². The maximum Gasteiger partial charge on any atom is 0.167 e. The topological polar surface area (TPSA) is 35.0 Å². The Bertz CT molecular complexity index is 613. The molecule has 0 fully saturated rings. The molecule has 98 valence electrons. The monoisotopic (exact) mass is 274 g/mol. The van der Waals surface area contributed by atoms with E-state index in [-0.39, 0.29) is 0 Å². The molecule has 1 aliphatic rings. The number of nitrogens with zero attached hydrogens (tertiary/aromatic N) is 2. The molecule has 19 heavy (non-hydrogen) atoms. The second kappa shape index (κ2) is 5.17. The van der Waals surface area contributed by atoms with Crippen molar-refractivity contribution in [2.24, 2.45) is 0 Å². The zero-order chi connectivity index (χ0) is 13.2. The van der Waals surface area contributed by atoms with Crippen molar-refractivity contribution < 1.29 is 4.74 Å². The van der Waals surface area contributed by atoms with Crippen molar-refractivity contribution in [1.82, 2.24) is 9.97 Å². The van der Waals surface area contributed by atoms with E-state index in [0.717, 1.165) is 41.8 Å². The number of halogens is 1. The summed E-state index contributed by atoms with van der Waals surface area (Å²) in [6.45, 7) is 2.38. The third-order valence-electron chi connectivity index (χ3n) is 3.38. The first-order chi connectivity index (χ1) is 9.24. The van der Waals surface area contributed by atoms with Crippen LogP contribution >= 0.6 is 11.6 Å². The fraction of sp³-hybridized carbons (Fsp3) is 0.333. The number of hydrogen-bond acceptors (Lipinski definition) is 3. The Hall–Kier alpha value is -1.61. The van der Waals surface area contributed by atoms with E-state index in [1.165, 1.54) is 0 Å². The van der Waals surface area contributed by atoms with Gasteiger partial charge >= 0.3 is 0 Å². The van der Waals surface area contributed by atoms with Gasteiger partial charge in [0, 0.05) is 11.3 Å². The van der Waals surface area contributed by atoms with Gasteiger partial charge in [0.2, 0.25) is 0 Å². The minimum atomic E-state index is 0.359. The zero-order valence-electron chi connectivity index (χ0n) is 10.8. The largest absolute Gasteiger partial charge is 0.485 e. The van der Waals surface area contributed by atoms with Gasteiger partial charge in [-0.05, 0) is 37.8 Å². The molecular formula is C15H15ClN2O. The van der Waals surface area contributed by atoms with Crippen molar-refractivity contribution in [2.45, 2.75) is 32.8 Å². The van der Waals surface area contributed by atoms with Crippen molar-refractivity contribution in [3.05, 3.63) is 52.1 Å². The summed E-state index contributed by atoms with van der Waals surface area (Å²) in [7, 11) is 0. The number of hydrogen-bond donors (Lipinski definition) is 0. The fourth-order valence-corrected chi connectivity index (χ4v) is 2.66. The third-order valence-corrected chi connectivity index (χ3v) is 3.69. The molecular weight excluding hydrogens is 260 g/mol. The molecule has 1 aliphatic carbocycles. The molecule has 3 rings (SSSR count). The number of rotatable bonds is 3. The average molecular weight is 275 g/mol. The molecule has 0 unspecified atom stereocenters. The van der Waals surface area contributed by atoms with Crippen molar-refractivity contribution in [3.8, 4) is 5.75 Å². The average Bonchev–Trinajstić information content (AvgIpc) is 2.87. The molecule has 0 spiro atoms. The van der Waals surface area contributed by atoms with Crippen LogP contribution < -0.4 is 4.74 Å². The highest BCUT2D eigenvalue weighted by molar-refractivity contribution is 6.30. The third kappa shape index (κ3) is 2.56. The summed E-state index contributed by atoms with van der Waals surface area (Å²) in [5.74, 6) is 1.52. The predicted molar refractivity (Wildman–Crippen MR) is 74.6 cm³/mol. The zero-order valence-corrected chi connectivity index (χ0v) is 11.6. The number of fused-ring (bicyclic) bond motifs is 1. The predicted octanol–water partition coefficient (Wildman–Crippen LogP) is 3.51. The van der Waals surface area contributed by atoms with Crippen LogP contribution in [0.2, 0.25) is 5.15 Å². The van der Waals surface area contributed by atoms with E-state index >= 15 is 0 Å². The van der Waals surface area contributed by atoms with E-state index in [2.05, 4.69) is 9.97 Å². The van der Waals surface area contributed by atoms with E-state index in [4.69, 9.17) is 16.3 Å². The smallest absolute Gasteiger partial charge is 0.167 e. The van der Waals surface area contributed by atoms with Gasteiger partial charge in [0.25, 0.3) is 0 Å². The lowest BCUT2D eigenvalue weighted by Gasteiger charge is -2.09. The van der Waals surface area contributed by atoms with Gasteiger partial charge in [-0.1, -0.05) is 29.8 Å². The first-order valence-electron chi connectivity index (χ1n) is 6.46. The van der Waals surface area contributed by atoms with Gasteiger partial charge in [-0.25, -0.2) is 9.97 Å². The Morgan fingerprint density at radius 1 is 1.21 bits per heavy atom. The standard InChI is InChI=1S/C15H15ClN2O/c1-10-5-2-3-8-13(10)19-9-14-17-12-7-4-6-11(12)15(16)18-14/h2-3,5,8H,4,6-7,9H2,1H3. The van der Waals surface area contributed by atoms with Crippen molar-refractivity contribution in [1.29, 1.82) is 0 Å². The van der Waals surface area contributed by atoms with Crippen molar-refractivity contribution >= 4 is 11.6 Å². The molecule has 1 aromatic heterocycles. The lowest BCUT2D eigenvalue weighted by molar-refractivity contribution is 0.293. The van der Waals surface area contributed by atoms with Crippen LogP contribution in [0.1, 0.15) is 29.1 Å². The highest BCUT2D eigenvalue weighted by atomic mass is 35.5. The molecule has 0 saturated heterocycles. The van der Waals surface area contributed by atoms with Crippen molar-refractivity contribution in [2.75, 3.05) is 0 Å². The van der Waals surface area contributed by atoms with Gasteiger partial charge in [0.1, 0.15) is 17.5 Å². The van der Waals surface area contributed by atoms with Crippen LogP contribution in [0.4, 0.5) is 0 Å². The summed E-state index contributed by atoms with van der Waals surface area (Å²) in [5.41, 5.74) is 3.31. The van der Waals surface area contributed by atoms with Crippen LogP contribution in [0.3, 0.4) is 0 Å². The molecule has 0 radical (unpaired) electrons. The van der Waals surface area contributed by atoms with E-state index < -0.39 is 0 Å². The molecule has 4 heteroatoms. The summed E-state index contributed by atoms with van der Waals surface area (Å²) in [6, 6.07) is 7.92. The summed E-state index contributed by atoms with van der Waals surface area (Å²) in [6.07, 6.45) is 3.11. The molecule has 1 heterocycles. The quantitative estimate of drug-likeness (QED) is 0.804. The number of benzene rings is 1. The van der Waals surface area contributed by atoms with E-state index in [1.54, 1.807) is 0 Å². The number of para-hydroxylation sites is 1. The SMILES string of the molecule is Cc1ccccc1OCc1nc(Cl)c2c(n1)CCC2. The Kier molecular flexibility index (Phi) is 3.38. The number of ether oxygens (including phenoxy) is 1. The molecule has 0 saturated carbocycles. The molecule has 0 aliphatic heterocycles. The molecule has 3 nitrogen and oxygen atoms in total. The van der Waals surface area contributed by atoms with Crippen LogP contribution in [-0.2, 0) is 19.4 Å². The highest BCUT2D eigenvalue weighted by Gasteiger charge is 2.18. The molecule has 2 aromatic rings. The minimum absolute atomic E-state index is 0.359. The first-order valence-corrected chi connectivity index (χ1v) is 6.84. The molecule has 0 amide bonds. The van der Waals surface area contributed by atoms with E-state index in [9.17, 15) is 0 Å². The molecule has 0 atom stereocenters. The lowest BCUT2D eigenvalue weighted by atomic mass is 10.2. The maximum atomic E-state index is 6.18. The van der Waals surface area contributed by atoms with Gasteiger partial charge in [0.05, 0.1) is 0 Å². The Morgan fingerprint density at radius 3 is 2.89 bits per heavy atom. The lowest BCUT2D eigenvalue weighted by Crippen LogP contribution is -2.05. The second-order valence-corrected chi connectivity index (χ2v) is 5.12. The van der Waals surface area contributed by atoms with Crippen LogP contribution in [0.5, 0.6) is 5.75 Å². The Balaban J connectivity index is 1.78. The van der Waals surface area contributed by atoms with Gasteiger partial charge in [0.15, 0.2) is 5.82 Å². The van der Waals surface area contributed by atoms with Crippen LogP contribution in [0.25, 0.3) is 0 Å². The minimum Gasteiger partial charge on any atom is -0.485 e. The normalized spacial score (nSPS) is 13.4. The Labute approximate surface area is 117 Å². The van der Waals surface area contributed by atoms with E-state index in [1.807, 2.05) is 31.2 Å². The number of aryl methyl sites for hydroxylation is 2. The van der Waals surface area contributed by atoms with Gasteiger partial charge in [-0.2, -0.15) is 0 Å². The van der Waals surface area contributed by atoms with Crippen LogP contribution in [-0.4, -0.2) is 9.97 Å². The number of aromatic nitrogens is 2. The van der Waals surface area contributed by atoms with Crippen LogP contribution in [0, 0.1) is 6.92 Å².